The summed E-state index contributed by atoms with van der Waals surface area (Å²) < 4.78 is 40.6. The fourth-order valence-corrected chi connectivity index (χ4v) is 2.90. The zero-order chi connectivity index (χ0) is 22.4. The maximum Gasteiger partial charge on any atom is 0.421 e. The Morgan fingerprint density at radius 2 is 1.77 bits per heavy atom. The Bertz CT molecular complexity index is 1060. The van der Waals surface area contributed by atoms with Gasteiger partial charge >= 0.3 is 6.18 Å². The molecule has 1 heterocycles. The lowest BCUT2D eigenvalue weighted by Gasteiger charge is -2.17. The molecule has 0 amide bonds. The standard InChI is InChI=1S/C21H20F3N5O2/c1-2-3-6-14-7-4-5-8-18(14)27-19-17(21(22,23)24)13-25-20(28-19)26-15-9-11-16(12-10-15)29(30)31/h4-5,7-13H,2-3,6H2,1H3,(H2,25,26,27,28). The summed E-state index contributed by atoms with van der Waals surface area (Å²) in [5.74, 6) is -0.453. The molecule has 0 fully saturated rings. The van der Waals surface area contributed by atoms with Crippen LogP contribution in [0, 0.1) is 10.1 Å². The number of anilines is 4. The van der Waals surface area contributed by atoms with Crippen LogP contribution in [0.3, 0.4) is 0 Å². The normalized spacial score (nSPS) is 11.2. The van der Waals surface area contributed by atoms with Gasteiger partial charge in [0.05, 0.1) is 4.92 Å². The molecule has 0 aliphatic carbocycles. The van der Waals surface area contributed by atoms with E-state index in [1.807, 2.05) is 19.1 Å². The molecule has 0 bridgehead atoms. The van der Waals surface area contributed by atoms with Crippen molar-refractivity contribution in [2.45, 2.75) is 32.4 Å². The number of para-hydroxylation sites is 1. The molecule has 10 heteroatoms. The van der Waals surface area contributed by atoms with Crippen LogP contribution in [0.25, 0.3) is 0 Å². The minimum absolute atomic E-state index is 0.0737. The fraction of sp³-hybridized carbons (Fsp3) is 0.238. The van der Waals surface area contributed by atoms with Gasteiger partial charge in [0.2, 0.25) is 5.95 Å². The van der Waals surface area contributed by atoms with E-state index in [0.717, 1.165) is 24.8 Å². The number of nitrogens with zero attached hydrogens (tertiary/aromatic N) is 3. The van der Waals surface area contributed by atoms with Crippen LogP contribution in [0.15, 0.2) is 54.7 Å². The van der Waals surface area contributed by atoms with E-state index in [9.17, 15) is 23.3 Å². The summed E-state index contributed by atoms with van der Waals surface area (Å²) in [6, 6.07) is 12.5. The number of nitrogens with one attached hydrogen (secondary N) is 2. The van der Waals surface area contributed by atoms with Crippen LogP contribution in [-0.2, 0) is 12.6 Å². The van der Waals surface area contributed by atoms with Gasteiger partial charge in [-0.25, -0.2) is 4.98 Å². The van der Waals surface area contributed by atoms with Crippen LogP contribution in [0.1, 0.15) is 30.9 Å². The van der Waals surface area contributed by atoms with Gasteiger partial charge in [-0.15, -0.1) is 0 Å². The van der Waals surface area contributed by atoms with Crippen molar-refractivity contribution in [3.05, 3.63) is 76.0 Å². The van der Waals surface area contributed by atoms with Crippen molar-refractivity contribution in [3.8, 4) is 0 Å². The average molecular weight is 431 g/mol. The van der Waals surface area contributed by atoms with Crippen molar-refractivity contribution < 1.29 is 18.1 Å². The van der Waals surface area contributed by atoms with Gasteiger partial charge in [-0.05, 0) is 36.6 Å². The van der Waals surface area contributed by atoms with E-state index >= 15 is 0 Å². The Balaban J connectivity index is 1.92. The van der Waals surface area contributed by atoms with Crippen molar-refractivity contribution >= 4 is 28.8 Å². The fourth-order valence-electron chi connectivity index (χ4n) is 2.90. The number of alkyl halides is 3. The predicted molar refractivity (Wildman–Crippen MR) is 112 cm³/mol. The minimum atomic E-state index is -4.65. The first-order valence-electron chi connectivity index (χ1n) is 9.58. The first-order chi connectivity index (χ1) is 14.8. The van der Waals surface area contributed by atoms with E-state index in [-0.39, 0.29) is 17.5 Å². The highest BCUT2D eigenvalue weighted by molar-refractivity contribution is 5.65. The number of non-ortho nitro benzene ring substituents is 1. The quantitative estimate of drug-likeness (QED) is 0.324. The van der Waals surface area contributed by atoms with Gasteiger partial charge in [0.1, 0.15) is 11.4 Å². The van der Waals surface area contributed by atoms with Crippen molar-refractivity contribution in [2.24, 2.45) is 0 Å². The summed E-state index contributed by atoms with van der Waals surface area (Å²) in [4.78, 5) is 18.0. The topological polar surface area (TPSA) is 93.0 Å². The van der Waals surface area contributed by atoms with Gasteiger partial charge in [0, 0.05) is 29.7 Å². The molecule has 0 aliphatic rings. The number of hydrogen-bond donors (Lipinski definition) is 2. The molecule has 0 aliphatic heterocycles. The molecule has 7 nitrogen and oxygen atoms in total. The number of hydrogen-bond acceptors (Lipinski definition) is 6. The lowest BCUT2D eigenvalue weighted by Crippen LogP contribution is -2.13. The highest BCUT2D eigenvalue weighted by atomic mass is 19.4. The molecule has 0 spiro atoms. The molecule has 0 unspecified atom stereocenters. The molecule has 0 saturated heterocycles. The molecule has 1 aromatic heterocycles. The summed E-state index contributed by atoms with van der Waals surface area (Å²) in [7, 11) is 0. The zero-order valence-corrected chi connectivity index (χ0v) is 16.6. The first-order valence-corrected chi connectivity index (χ1v) is 9.58. The molecule has 2 N–H and O–H groups in total. The van der Waals surface area contributed by atoms with Gasteiger partial charge < -0.3 is 10.6 Å². The Labute approximate surface area is 176 Å². The van der Waals surface area contributed by atoms with E-state index in [0.29, 0.717) is 17.6 Å². The molecule has 0 radical (unpaired) electrons. The number of nitro benzene ring substituents is 1. The van der Waals surface area contributed by atoms with Crippen LogP contribution >= 0.6 is 0 Å². The van der Waals surface area contributed by atoms with Crippen LogP contribution in [0.2, 0.25) is 0 Å². The van der Waals surface area contributed by atoms with Gasteiger partial charge in [0.15, 0.2) is 0 Å². The Morgan fingerprint density at radius 3 is 2.42 bits per heavy atom. The van der Waals surface area contributed by atoms with Crippen LogP contribution in [-0.4, -0.2) is 14.9 Å². The summed E-state index contributed by atoms with van der Waals surface area (Å²) in [6.07, 6.45) is -1.36. The van der Waals surface area contributed by atoms with Gasteiger partial charge in [-0.3, -0.25) is 10.1 Å². The number of aryl methyl sites for hydroxylation is 1. The lowest BCUT2D eigenvalue weighted by molar-refractivity contribution is -0.384. The lowest BCUT2D eigenvalue weighted by atomic mass is 10.1. The number of nitro groups is 1. The molecular formula is C21H20F3N5O2. The number of unbranched alkanes of at least 4 members (excludes halogenated alkanes) is 1. The minimum Gasteiger partial charge on any atom is -0.339 e. The third-order valence-electron chi connectivity index (χ3n) is 4.50. The summed E-state index contributed by atoms with van der Waals surface area (Å²) in [6.45, 7) is 2.04. The van der Waals surface area contributed by atoms with E-state index in [1.165, 1.54) is 24.3 Å². The van der Waals surface area contributed by atoms with Crippen molar-refractivity contribution in [1.29, 1.82) is 0 Å². The van der Waals surface area contributed by atoms with E-state index in [4.69, 9.17) is 0 Å². The highest BCUT2D eigenvalue weighted by Gasteiger charge is 2.35. The zero-order valence-electron chi connectivity index (χ0n) is 16.6. The smallest absolute Gasteiger partial charge is 0.339 e. The molecule has 2 aromatic carbocycles. The van der Waals surface area contributed by atoms with Gasteiger partial charge in [-0.1, -0.05) is 31.5 Å². The monoisotopic (exact) mass is 431 g/mol. The Morgan fingerprint density at radius 1 is 1.06 bits per heavy atom. The highest BCUT2D eigenvalue weighted by Crippen LogP contribution is 2.36. The third-order valence-corrected chi connectivity index (χ3v) is 4.50. The Kier molecular flexibility index (Phi) is 6.68. The summed E-state index contributed by atoms with van der Waals surface area (Å²) in [5.41, 5.74) is 0.735. The maximum absolute atomic E-state index is 13.5. The van der Waals surface area contributed by atoms with E-state index < -0.39 is 16.7 Å². The molecular weight excluding hydrogens is 411 g/mol. The maximum atomic E-state index is 13.5. The molecule has 0 atom stereocenters. The van der Waals surface area contributed by atoms with Crippen molar-refractivity contribution in [1.82, 2.24) is 9.97 Å². The van der Waals surface area contributed by atoms with Crippen molar-refractivity contribution in [2.75, 3.05) is 10.6 Å². The van der Waals surface area contributed by atoms with Gasteiger partial charge in [-0.2, -0.15) is 18.2 Å². The second-order valence-corrected chi connectivity index (χ2v) is 6.77. The summed E-state index contributed by atoms with van der Waals surface area (Å²) >= 11 is 0. The third kappa shape index (κ3) is 5.68. The molecule has 0 saturated carbocycles. The molecule has 3 aromatic rings. The number of aromatic nitrogens is 2. The molecule has 162 valence electrons. The second kappa shape index (κ2) is 9.41. The van der Waals surface area contributed by atoms with E-state index in [1.54, 1.807) is 12.1 Å². The number of halogens is 3. The van der Waals surface area contributed by atoms with Gasteiger partial charge in [0.25, 0.3) is 5.69 Å². The number of benzene rings is 2. The number of rotatable bonds is 8. The molecule has 31 heavy (non-hydrogen) atoms. The Hall–Kier alpha value is -3.69. The SMILES string of the molecule is CCCCc1ccccc1Nc1nc(Nc2ccc([N+](=O)[O-])cc2)ncc1C(F)(F)F. The largest absolute Gasteiger partial charge is 0.421 e. The summed E-state index contributed by atoms with van der Waals surface area (Å²) in [5, 5.41) is 16.3. The van der Waals surface area contributed by atoms with Crippen LogP contribution in [0.5, 0.6) is 0 Å². The van der Waals surface area contributed by atoms with E-state index in [2.05, 4.69) is 20.6 Å². The van der Waals surface area contributed by atoms with Crippen molar-refractivity contribution in [3.63, 3.8) is 0 Å². The average Bonchev–Trinajstić information content (AvgIpc) is 2.73. The van der Waals surface area contributed by atoms with Crippen LogP contribution < -0.4 is 10.6 Å². The van der Waals surface area contributed by atoms with Crippen LogP contribution in [0.4, 0.5) is 42.0 Å². The molecule has 3 rings (SSSR count). The predicted octanol–water partition coefficient (Wildman–Crippen LogP) is 6.23. The second-order valence-electron chi connectivity index (χ2n) is 6.77. The first kappa shape index (κ1) is 22.0.